The summed E-state index contributed by atoms with van der Waals surface area (Å²) in [5.74, 6) is -0.391. The number of hydrogen-bond donors (Lipinski definition) is 2. The Kier molecular flexibility index (Phi) is 4.45. The first-order chi connectivity index (χ1) is 11.7. The van der Waals surface area contributed by atoms with Gasteiger partial charge in [0.2, 0.25) is 5.89 Å². The van der Waals surface area contributed by atoms with Gasteiger partial charge >= 0.3 is 5.97 Å². The first-order valence-electron chi connectivity index (χ1n) is 7.19. The third kappa shape index (κ3) is 3.54. The van der Waals surface area contributed by atoms with Gasteiger partial charge in [0.1, 0.15) is 24.1 Å². The van der Waals surface area contributed by atoms with Gasteiger partial charge in [-0.05, 0) is 13.0 Å². The van der Waals surface area contributed by atoms with Crippen molar-refractivity contribution in [1.82, 2.24) is 30.4 Å². The lowest BCUT2D eigenvalue weighted by molar-refractivity contribution is -0.142. The van der Waals surface area contributed by atoms with E-state index in [1.165, 1.54) is 6.33 Å². The van der Waals surface area contributed by atoms with Crippen molar-refractivity contribution >= 4 is 22.9 Å². The lowest BCUT2D eigenvalue weighted by atomic mass is 10.3. The van der Waals surface area contributed by atoms with Crippen molar-refractivity contribution in [2.45, 2.75) is 19.9 Å². The summed E-state index contributed by atoms with van der Waals surface area (Å²) in [7, 11) is 0. The summed E-state index contributed by atoms with van der Waals surface area (Å²) in [4.78, 5) is 38.2. The third-order valence-corrected chi connectivity index (χ3v) is 3.06. The zero-order chi connectivity index (χ0) is 16.9. The number of fused-ring (bicyclic) bond motifs is 1. The Hall–Kier alpha value is -3.30. The molecule has 10 heteroatoms. The second-order valence-electron chi connectivity index (χ2n) is 4.78. The van der Waals surface area contributed by atoms with Crippen molar-refractivity contribution in [3.05, 3.63) is 36.0 Å². The fourth-order valence-corrected chi connectivity index (χ4v) is 2.02. The van der Waals surface area contributed by atoms with Gasteiger partial charge in [-0.3, -0.25) is 9.59 Å². The van der Waals surface area contributed by atoms with E-state index in [4.69, 9.17) is 9.26 Å². The van der Waals surface area contributed by atoms with Crippen LogP contribution in [-0.4, -0.2) is 43.6 Å². The maximum Gasteiger partial charge on any atom is 0.315 e. The van der Waals surface area contributed by atoms with E-state index in [2.05, 4.69) is 30.4 Å². The van der Waals surface area contributed by atoms with Gasteiger partial charge in [0.05, 0.1) is 13.2 Å². The Balaban J connectivity index is 1.58. The summed E-state index contributed by atoms with van der Waals surface area (Å²) in [5, 5.41) is 7.08. The highest BCUT2D eigenvalue weighted by Gasteiger charge is 2.14. The molecule has 3 heterocycles. The number of carbonyl (C=O) groups excluding carboxylic acids is 2. The van der Waals surface area contributed by atoms with Gasteiger partial charge in [0.15, 0.2) is 5.82 Å². The van der Waals surface area contributed by atoms with E-state index >= 15 is 0 Å². The number of ether oxygens (including phenoxy) is 1. The molecular formula is C14H14N6O4. The van der Waals surface area contributed by atoms with Crippen molar-refractivity contribution in [2.75, 3.05) is 6.61 Å². The highest BCUT2D eigenvalue weighted by atomic mass is 16.5. The number of aromatic nitrogens is 5. The first kappa shape index (κ1) is 15.6. The monoisotopic (exact) mass is 330 g/mol. The smallest absolute Gasteiger partial charge is 0.315 e. The average Bonchev–Trinajstić information content (AvgIpc) is 3.19. The van der Waals surface area contributed by atoms with Crippen LogP contribution in [0.5, 0.6) is 0 Å². The standard InChI is InChI=1S/C14H14N6O4/c1-2-23-12(21)4-11-19-10(20-24-11)6-16-14(22)9-3-8-5-15-7-17-13(8)18-9/h3,5,7H,2,4,6H2,1H3,(H,16,22)(H,15,17,18). The summed E-state index contributed by atoms with van der Waals surface area (Å²) in [6, 6.07) is 1.65. The van der Waals surface area contributed by atoms with Crippen molar-refractivity contribution in [3.63, 3.8) is 0 Å². The predicted octanol–water partition coefficient (Wildman–Crippen LogP) is 0.376. The summed E-state index contributed by atoms with van der Waals surface area (Å²) < 4.78 is 9.72. The number of hydrogen-bond acceptors (Lipinski definition) is 8. The molecule has 0 atom stereocenters. The number of nitrogens with zero attached hydrogens (tertiary/aromatic N) is 4. The molecule has 10 nitrogen and oxygen atoms in total. The zero-order valence-corrected chi connectivity index (χ0v) is 12.8. The fraction of sp³-hybridized carbons (Fsp3) is 0.286. The minimum atomic E-state index is -0.448. The van der Waals surface area contributed by atoms with E-state index < -0.39 is 5.97 Å². The highest BCUT2D eigenvalue weighted by molar-refractivity contribution is 5.96. The maximum atomic E-state index is 12.1. The molecule has 0 aromatic carbocycles. The highest BCUT2D eigenvalue weighted by Crippen LogP contribution is 2.11. The molecule has 0 saturated heterocycles. The van der Waals surface area contributed by atoms with Crippen LogP contribution >= 0.6 is 0 Å². The van der Waals surface area contributed by atoms with Crippen molar-refractivity contribution < 1.29 is 18.8 Å². The van der Waals surface area contributed by atoms with Gasteiger partial charge in [-0.15, -0.1) is 0 Å². The number of carbonyl (C=O) groups is 2. The molecule has 0 radical (unpaired) electrons. The molecule has 0 aliphatic rings. The van der Waals surface area contributed by atoms with Crippen molar-refractivity contribution in [3.8, 4) is 0 Å². The predicted molar refractivity (Wildman–Crippen MR) is 79.7 cm³/mol. The molecule has 124 valence electrons. The molecule has 3 rings (SSSR count). The third-order valence-electron chi connectivity index (χ3n) is 3.06. The molecule has 3 aromatic rings. The minimum Gasteiger partial charge on any atom is -0.466 e. The number of amides is 1. The number of H-pyrrole nitrogens is 1. The van der Waals surface area contributed by atoms with Gasteiger partial charge in [0.25, 0.3) is 5.91 Å². The SMILES string of the molecule is CCOC(=O)Cc1nc(CNC(=O)c2cc3cncnc3[nH]2)no1. The van der Waals surface area contributed by atoms with Gasteiger partial charge in [-0.25, -0.2) is 9.97 Å². The Morgan fingerprint density at radius 1 is 1.42 bits per heavy atom. The molecule has 0 fully saturated rings. The first-order valence-corrected chi connectivity index (χ1v) is 7.19. The molecule has 0 bridgehead atoms. The van der Waals surface area contributed by atoms with Crippen LogP contribution in [0.25, 0.3) is 11.0 Å². The molecular weight excluding hydrogens is 316 g/mol. The molecule has 0 aliphatic carbocycles. The Labute approximate surface area is 135 Å². The van der Waals surface area contributed by atoms with Gasteiger partial charge < -0.3 is 19.6 Å². The maximum absolute atomic E-state index is 12.1. The van der Waals surface area contributed by atoms with E-state index in [0.29, 0.717) is 11.3 Å². The summed E-state index contributed by atoms with van der Waals surface area (Å²) in [5.41, 5.74) is 0.923. The average molecular weight is 330 g/mol. The van der Waals surface area contributed by atoms with Crippen LogP contribution < -0.4 is 5.32 Å². The normalized spacial score (nSPS) is 10.7. The Bertz CT molecular complexity index is 838. The summed E-state index contributed by atoms with van der Waals surface area (Å²) >= 11 is 0. The molecule has 0 saturated carbocycles. The van der Waals surface area contributed by atoms with Crippen LogP contribution in [-0.2, 0) is 22.5 Å². The second-order valence-corrected chi connectivity index (χ2v) is 4.78. The Morgan fingerprint density at radius 3 is 3.08 bits per heavy atom. The van der Waals surface area contributed by atoms with E-state index in [1.807, 2.05) is 0 Å². The van der Waals surface area contributed by atoms with E-state index in [0.717, 1.165) is 5.39 Å². The molecule has 0 unspecified atom stereocenters. The lowest BCUT2D eigenvalue weighted by Gasteiger charge is -1.99. The number of esters is 1. The molecule has 2 N–H and O–H groups in total. The quantitative estimate of drug-likeness (QED) is 0.619. The van der Waals surface area contributed by atoms with Crippen LogP contribution in [0.15, 0.2) is 23.1 Å². The van der Waals surface area contributed by atoms with E-state index in [1.54, 1.807) is 19.2 Å². The largest absolute Gasteiger partial charge is 0.466 e. The molecule has 1 amide bonds. The Morgan fingerprint density at radius 2 is 2.29 bits per heavy atom. The van der Waals surface area contributed by atoms with Gasteiger partial charge in [-0.1, -0.05) is 5.16 Å². The molecule has 0 aliphatic heterocycles. The fourth-order valence-electron chi connectivity index (χ4n) is 2.02. The second kappa shape index (κ2) is 6.86. The number of nitrogens with one attached hydrogen (secondary N) is 2. The molecule has 0 spiro atoms. The van der Waals surface area contributed by atoms with Crippen molar-refractivity contribution in [2.24, 2.45) is 0 Å². The summed E-state index contributed by atoms with van der Waals surface area (Å²) in [6.07, 6.45) is 2.90. The van der Waals surface area contributed by atoms with Crippen LogP contribution in [0.1, 0.15) is 29.1 Å². The van der Waals surface area contributed by atoms with Gasteiger partial charge in [-0.2, -0.15) is 4.98 Å². The van der Waals surface area contributed by atoms with Crippen LogP contribution in [0.3, 0.4) is 0 Å². The minimum absolute atomic E-state index is 0.0617. The van der Waals surface area contributed by atoms with E-state index in [9.17, 15) is 9.59 Å². The van der Waals surface area contributed by atoms with Crippen LogP contribution in [0.2, 0.25) is 0 Å². The van der Waals surface area contributed by atoms with E-state index in [-0.39, 0.29) is 37.2 Å². The topological polar surface area (TPSA) is 136 Å². The number of aromatic amines is 1. The van der Waals surface area contributed by atoms with Crippen molar-refractivity contribution in [1.29, 1.82) is 0 Å². The van der Waals surface area contributed by atoms with Gasteiger partial charge in [0, 0.05) is 11.6 Å². The number of rotatable bonds is 6. The summed E-state index contributed by atoms with van der Waals surface area (Å²) in [6.45, 7) is 2.05. The molecule has 24 heavy (non-hydrogen) atoms. The zero-order valence-electron chi connectivity index (χ0n) is 12.8. The van der Waals surface area contributed by atoms with Crippen LogP contribution in [0.4, 0.5) is 0 Å². The van der Waals surface area contributed by atoms with Crippen LogP contribution in [0, 0.1) is 0 Å². The lowest BCUT2D eigenvalue weighted by Crippen LogP contribution is -2.23. The molecule has 3 aromatic heterocycles.